The largest absolute Gasteiger partial charge is 0.273 e. The second-order valence-corrected chi connectivity index (χ2v) is 6.51. The maximum absolute atomic E-state index is 12.3. The third-order valence-electron chi connectivity index (χ3n) is 4.65. The third-order valence-corrected chi connectivity index (χ3v) is 4.65. The molecule has 1 fully saturated rings. The van der Waals surface area contributed by atoms with E-state index in [4.69, 9.17) is 0 Å². The van der Waals surface area contributed by atoms with Gasteiger partial charge in [0.25, 0.3) is 0 Å². The van der Waals surface area contributed by atoms with E-state index in [1.807, 2.05) is 67.6 Å². The van der Waals surface area contributed by atoms with Crippen molar-refractivity contribution < 1.29 is 4.79 Å². The molecule has 0 aliphatic heterocycles. The van der Waals surface area contributed by atoms with Crippen molar-refractivity contribution in [2.75, 3.05) is 0 Å². The molecular formula is C21H22N2O. The molecule has 0 radical (unpaired) electrons. The normalized spacial score (nSPS) is 23.2. The fourth-order valence-electron chi connectivity index (χ4n) is 2.92. The zero-order valence-corrected chi connectivity index (χ0v) is 14.1. The van der Waals surface area contributed by atoms with Crippen molar-refractivity contribution in [2.24, 2.45) is 11.0 Å². The van der Waals surface area contributed by atoms with Gasteiger partial charge in [0.2, 0.25) is 5.91 Å². The van der Waals surface area contributed by atoms with E-state index in [1.54, 1.807) is 0 Å². The van der Waals surface area contributed by atoms with Crippen molar-refractivity contribution in [3.05, 3.63) is 77.9 Å². The van der Waals surface area contributed by atoms with Crippen molar-refractivity contribution in [1.29, 1.82) is 0 Å². The van der Waals surface area contributed by atoms with Gasteiger partial charge in [-0.1, -0.05) is 73.7 Å². The highest BCUT2D eigenvalue weighted by molar-refractivity contribution is 5.97. The number of carbonyl (C=O) groups excluding carboxylic acids is 1. The van der Waals surface area contributed by atoms with E-state index in [1.165, 1.54) is 5.56 Å². The van der Waals surface area contributed by atoms with E-state index in [0.29, 0.717) is 0 Å². The van der Waals surface area contributed by atoms with Crippen LogP contribution < -0.4 is 5.43 Å². The first kappa shape index (κ1) is 16.2. The fourth-order valence-corrected chi connectivity index (χ4v) is 2.92. The standard InChI is InChI=1S/C21H22N2O/c1-16(13-14-17-9-5-3-6-10-17)22-23-20(24)19-15-21(19,2)18-11-7-4-8-12-18/h3-14,19H,15H2,1-2H3,(H,23,24)/b14-13-,22-16?/t19-,21-/m0/s1. The first-order chi connectivity index (χ1) is 11.6. The lowest BCUT2D eigenvalue weighted by Crippen LogP contribution is -2.24. The Morgan fingerprint density at radius 3 is 2.42 bits per heavy atom. The number of nitrogens with one attached hydrogen (secondary N) is 1. The monoisotopic (exact) mass is 318 g/mol. The topological polar surface area (TPSA) is 41.5 Å². The van der Waals surface area contributed by atoms with Crippen LogP contribution in [-0.4, -0.2) is 11.6 Å². The number of hydrogen-bond donors (Lipinski definition) is 1. The molecule has 0 bridgehead atoms. The SMILES string of the molecule is CC(/C=C\c1ccccc1)=NNC(=O)[C@@H]1C[C@@]1(C)c1ccccc1. The van der Waals surface area contributed by atoms with Crippen molar-refractivity contribution in [2.45, 2.75) is 25.7 Å². The second kappa shape index (κ2) is 6.83. The van der Waals surface area contributed by atoms with Gasteiger partial charge in [-0.15, -0.1) is 0 Å². The van der Waals surface area contributed by atoms with Crippen LogP contribution in [0.15, 0.2) is 71.8 Å². The summed E-state index contributed by atoms with van der Waals surface area (Å²) in [5.41, 5.74) is 5.74. The molecule has 1 N–H and O–H groups in total. The summed E-state index contributed by atoms with van der Waals surface area (Å²) >= 11 is 0. The van der Waals surface area contributed by atoms with Crippen molar-refractivity contribution >= 4 is 17.7 Å². The molecule has 0 unspecified atom stereocenters. The highest BCUT2D eigenvalue weighted by Gasteiger charge is 2.55. The van der Waals surface area contributed by atoms with Crippen molar-refractivity contribution in [1.82, 2.24) is 5.43 Å². The smallest absolute Gasteiger partial charge is 0.244 e. The molecule has 2 atom stereocenters. The molecular weight excluding hydrogens is 296 g/mol. The molecule has 0 saturated heterocycles. The molecule has 1 saturated carbocycles. The summed E-state index contributed by atoms with van der Waals surface area (Å²) in [6.45, 7) is 4.02. The van der Waals surface area contributed by atoms with Gasteiger partial charge in [-0.25, -0.2) is 5.43 Å². The van der Waals surface area contributed by atoms with Gasteiger partial charge in [0.15, 0.2) is 0 Å². The Balaban J connectivity index is 1.57. The maximum Gasteiger partial charge on any atom is 0.244 e. The average Bonchev–Trinajstić information content (AvgIpc) is 3.33. The molecule has 2 aromatic rings. The predicted molar refractivity (Wildman–Crippen MR) is 98.6 cm³/mol. The quantitative estimate of drug-likeness (QED) is 0.652. The van der Waals surface area contributed by atoms with E-state index in [0.717, 1.165) is 17.7 Å². The van der Waals surface area contributed by atoms with Gasteiger partial charge in [0, 0.05) is 5.41 Å². The summed E-state index contributed by atoms with van der Waals surface area (Å²) < 4.78 is 0. The lowest BCUT2D eigenvalue weighted by Gasteiger charge is -2.10. The van der Waals surface area contributed by atoms with Crippen molar-refractivity contribution in [3.8, 4) is 0 Å². The molecule has 3 heteroatoms. The van der Waals surface area contributed by atoms with Gasteiger partial charge >= 0.3 is 0 Å². The van der Waals surface area contributed by atoms with Crippen molar-refractivity contribution in [3.63, 3.8) is 0 Å². The molecule has 0 aromatic heterocycles. The molecule has 3 nitrogen and oxygen atoms in total. The lowest BCUT2D eigenvalue weighted by atomic mass is 9.95. The van der Waals surface area contributed by atoms with Crippen LogP contribution >= 0.6 is 0 Å². The summed E-state index contributed by atoms with van der Waals surface area (Å²) in [5, 5.41) is 4.19. The zero-order valence-electron chi connectivity index (χ0n) is 14.1. The minimum absolute atomic E-state index is 0.00504. The number of amides is 1. The van der Waals surface area contributed by atoms with E-state index in [-0.39, 0.29) is 17.2 Å². The highest BCUT2D eigenvalue weighted by atomic mass is 16.2. The zero-order chi connectivity index (χ0) is 17.0. The molecule has 122 valence electrons. The molecule has 0 heterocycles. The second-order valence-electron chi connectivity index (χ2n) is 6.51. The minimum Gasteiger partial charge on any atom is -0.273 e. The van der Waals surface area contributed by atoms with Gasteiger partial charge in [-0.3, -0.25) is 4.79 Å². The number of hydrogen-bond acceptors (Lipinski definition) is 2. The Morgan fingerprint density at radius 1 is 1.12 bits per heavy atom. The number of hydrazone groups is 1. The lowest BCUT2D eigenvalue weighted by molar-refractivity contribution is -0.122. The van der Waals surface area contributed by atoms with E-state index in [9.17, 15) is 4.79 Å². The van der Waals surface area contributed by atoms with Crippen LogP contribution in [-0.2, 0) is 10.2 Å². The van der Waals surface area contributed by atoms with Crippen LogP contribution in [0.25, 0.3) is 6.08 Å². The number of rotatable bonds is 5. The van der Waals surface area contributed by atoms with E-state index in [2.05, 4.69) is 29.6 Å². The molecule has 24 heavy (non-hydrogen) atoms. The number of benzene rings is 2. The van der Waals surface area contributed by atoms with Gasteiger partial charge in [-0.05, 0) is 30.5 Å². The Kier molecular flexibility index (Phi) is 4.61. The van der Waals surface area contributed by atoms with Gasteiger partial charge < -0.3 is 0 Å². The summed E-state index contributed by atoms with van der Waals surface area (Å²) in [6.07, 6.45) is 4.76. The number of carbonyl (C=O) groups is 1. The average molecular weight is 318 g/mol. The van der Waals surface area contributed by atoms with E-state index >= 15 is 0 Å². The molecule has 3 rings (SSSR count). The Hall–Kier alpha value is -2.68. The van der Waals surface area contributed by atoms with Gasteiger partial charge in [0.05, 0.1) is 11.6 Å². The molecule has 1 aliphatic rings. The summed E-state index contributed by atoms with van der Waals surface area (Å²) in [7, 11) is 0. The molecule has 0 spiro atoms. The Morgan fingerprint density at radius 2 is 1.75 bits per heavy atom. The summed E-state index contributed by atoms with van der Waals surface area (Å²) in [4.78, 5) is 12.3. The minimum atomic E-state index is -0.0609. The first-order valence-electron chi connectivity index (χ1n) is 8.22. The highest BCUT2D eigenvalue weighted by Crippen LogP contribution is 2.53. The predicted octanol–water partition coefficient (Wildman–Crippen LogP) is 4.17. The van der Waals surface area contributed by atoms with Crippen LogP contribution in [0.4, 0.5) is 0 Å². The number of allylic oxidation sites excluding steroid dienone is 1. The number of nitrogens with zero attached hydrogens (tertiary/aromatic N) is 1. The van der Waals surface area contributed by atoms with Gasteiger partial charge in [-0.2, -0.15) is 5.10 Å². The molecule has 1 aliphatic carbocycles. The molecule has 1 amide bonds. The van der Waals surface area contributed by atoms with Crippen LogP contribution in [0.3, 0.4) is 0 Å². The van der Waals surface area contributed by atoms with E-state index < -0.39 is 0 Å². The summed E-state index contributed by atoms with van der Waals surface area (Å²) in [5.74, 6) is -0.0108. The van der Waals surface area contributed by atoms with Crippen LogP contribution in [0.5, 0.6) is 0 Å². The third kappa shape index (κ3) is 3.62. The maximum atomic E-state index is 12.3. The first-order valence-corrected chi connectivity index (χ1v) is 8.22. The van der Waals surface area contributed by atoms with Gasteiger partial charge in [0.1, 0.15) is 0 Å². The molecule has 2 aromatic carbocycles. The Bertz CT molecular complexity index is 765. The van der Waals surface area contributed by atoms with Crippen LogP contribution in [0.1, 0.15) is 31.4 Å². The Labute approximate surface area is 143 Å². The fraction of sp³-hybridized carbons (Fsp3) is 0.238. The summed E-state index contributed by atoms with van der Waals surface area (Å²) in [6, 6.07) is 20.2. The van der Waals surface area contributed by atoms with Crippen LogP contribution in [0, 0.1) is 5.92 Å². The van der Waals surface area contributed by atoms with Crippen LogP contribution in [0.2, 0.25) is 0 Å².